The molecule has 33 heavy (non-hydrogen) atoms. The van der Waals surface area contributed by atoms with Crippen molar-refractivity contribution in [3.05, 3.63) is 76.0 Å². The van der Waals surface area contributed by atoms with Crippen molar-refractivity contribution in [1.29, 1.82) is 0 Å². The van der Waals surface area contributed by atoms with Gasteiger partial charge in [0.25, 0.3) is 17.5 Å². The van der Waals surface area contributed by atoms with Gasteiger partial charge in [0.15, 0.2) is 11.5 Å². The third-order valence-corrected chi connectivity index (χ3v) is 4.40. The third-order valence-electron chi connectivity index (χ3n) is 4.40. The predicted octanol–water partition coefficient (Wildman–Crippen LogP) is 2.75. The number of hydrogen-bond acceptors (Lipinski definition) is 8. The highest BCUT2D eigenvalue weighted by Crippen LogP contribution is 2.27. The van der Waals surface area contributed by atoms with E-state index in [1.54, 1.807) is 36.4 Å². The van der Waals surface area contributed by atoms with Crippen LogP contribution in [0.1, 0.15) is 16.1 Å². The Morgan fingerprint density at radius 3 is 2.61 bits per heavy atom. The van der Waals surface area contributed by atoms with Gasteiger partial charge in [-0.15, -0.1) is 0 Å². The van der Waals surface area contributed by atoms with Crippen LogP contribution in [0.3, 0.4) is 0 Å². The average Bonchev–Trinajstić information content (AvgIpc) is 3.31. The van der Waals surface area contributed by atoms with E-state index in [0.29, 0.717) is 34.1 Å². The number of non-ortho nitro benzene ring substituents is 1. The van der Waals surface area contributed by atoms with Gasteiger partial charge >= 0.3 is 0 Å². The first-order chi connectivity index (χ1) is 15.9. The standard InChI is InChI=1S/C22H20N4O7/c1-31-19-8-6-15(11-20(19)32-2)22(28)23-13-21(27)25-24-12-17-7-9-18(33-17)14-4-3-5-16(10-14)26(29)30/h3-12H,13H2,1-2H3,(H,23,28)(H,25,27). The van der Waals surface area contributed by atoms with Crippen molar-refractivity contribution >= 4 is 23.7 Å². The minimum Gasteiger partial charge on any atom is -0.493 e. The fourth-order valence-electron chi connectivity index (χ4n) is 2.80. The van der Waals surface area contributed by atoms with E-state index < -0.39 is 16.7 Å². The van der Waals surface area contributed by atoms with Gasteiger partial charge in [0.05, 0.1) is 31.9 Å². The summed E-state index contributed by atoms with van der Waals surface area (Å²) in [5.41, 5.74) is 3.05. The molecular formula is C22H20N4O7. The fourth-order valence-corrected chi connectivity index (χ4v) is 2.80. The number of rotatable bonds is 9. The molecule has 0 atom stereocenters. The largest absolute Gasteiger partial charge is 0.493 e. The van der Waals surface area contributed by atoms with Crippen LogP contribution in [0.15, 0.2) is 64.1 Å². The molecule has 11 nitrogen and oxygen atoms in total. The van der Waals surface area contributed by atoms with Gasteiger partial charge in [0.1, 0.15) is 11.5 Å². The average molecular weight is 452 g/mol. The summed E-state index contributed by atoms with van der Waals surface area (Å²) in [4.78, 5) is 34.6. The highest BCUT2D eigenvalue weighted by Gasteiger charge is 2.12. The Balaban J connectivity index is 1.52. The third kappa shape index (κ3) is 5.94. The van der Waals surface area contributed by atoms with Gasteiger partial charge in [-0.1, -0.05) is 12.1 Å². The molecule has 170 valence electrons. The zero-order valence-electron chi connectivity index (χ0n) is 17.7. The summed E-state index contributed by atoms with van der Waals surface area (Å²) in [5.74, 6) is 0.586. The van der Waals surface area contributed by atoms with E-state index in [1.807, 2.05) is 0 Å². The maximum atomic E-state index is 12.2. The Labute approximate surface area is 188 Å². The zero-order chi connectivity index (χ0) is 23.8. The second-order valence-electron chi connectivity index (χ2n) is 6.56. The molecule has 1 aromatic heterocycles. The molecule has 0 bridgehead atoms. The SMILES string of the molecule is COc1ccc(C(=O)NCC(=O)NN=Cc2ccc(-c3cccc([N+](=O)[O-])c3)o2)cc1OC. The second-order valence-corrected chi connectivity index (χ2v) is 6.56. The van der Waals surface area contributed by atoms with Crippen LogP contribution in [0.5, 0.6) is 11.5 Å². The number of nitrogens with one attached hydrogen (secondary N) is 2. The first-order valence-electron chi connectivity index (χ1n) is 9.58. The minimum absolute atomic E-state index is 0.0542. The molecule has 1 heterocycles. The minimum atomic E-state index is -0.550. The summed E-state index contributed by atoms with van der Waals surface area (Å²) in [7, 11) is 2.94. The number of carbonyl (C=O) groups is 2. The lowest BCUT2D eigenvalue weighted by atomic mass is 10.1. The summed E-state index contributed by atoms with van der Waals surface area (Å²) in [6, 6.07) is 13.9. The van der Waals surface area contributed by atoms with Crippen LogP contribution in [-0.2, 0) is 4.79 Å². The van der Waals surface area contributed by atoms with Gasteiger partial charge in [-0.05, 0) is 30.3 Å². The number of amides is 2. The van der Waals surface area contributed by atoms with Crippen molar-refractivity contribution in [1.82, 2.24) is 10.7 Å². The molecule has 0 aliphatic heterocycles. The molecular weight excluding hydrogens is 432 g/mol. The molecule has 2 N–H and O–H groups in total. The Kier molecular flexibility index (Phi) is 7.37. The van der Waals surface area contributed by atoms with Crippen LogP contribution < -0.4 is 20.2 Å². The van der Waals surface area contributed by atoms with Gasteiger partial charge in [-0.25, -0.2) is 5.43 Å². The van der Waals surface area contributed by atoms with Crippen LogP contribution >= 0.6 is 0 Å². The van der Waals surface area contributed by atoms with E-state index >= 15 is 0 Å². The van der Waals surface area contributed by atoms with Crippen molar-refractivity contribution in [2.24, 2.45) is 5.10 Å². The summed E-state index contributed by atoms with van der Waals surface area (Å²) in [6.07, 6.45) is 1.27. The van der Waals surface area contributed by atoms with Crippen LogP contribution in [0.4, 0.5) is 5.69 Å². The van der Waals surface area contributed by atoms with Crippen molar-refractivity contribution < 1.29 is 28.4 Å². The Bertz CT molecular complexity index is 1200. The number of methoxy groups -OCH3 is 2. The highest BCUT2D eigenvalue weighted by atomic mass is 16.6. The Morgan fingerprint density at radius 2 is 1.88 bits per heavy atom. The van der Waals surface area contributed by atoms with Crippen LogP contribution in [0, 0.1) is 10.1 Å². The number of ether oxygens (including phenoxy) is 2. The number of furan rings is 1. The zero-order valence-corrected chi connectivity index (χ0v) is 17.7. The van der Waals surface area contributed by atoms with Gasteiger partial charge in [-0.3, -0.25) is 19.7 Å². The van der Waals surface area contributed by atoms with E-state index in [4.69, 9.17) is 13.9 Å². The van der Waals surface area contributed by atoms with Gasteiger partial charge < -0.3 is 19.2 Å². The van der Waals surface area contributed by atoms with Crippen molar-refractivity contribution in [3.63, 3.8) is 0 Å². The molecule has 0 spiro atoms. The Hall–Kier alpha value is -4.67. The summed E-state index contributed by atoms with van der Waals surface area (Å²) in [6.45, 7) is -0.304. The van der Waals surface area contributed by atoms with E-state index in [9.17, 15) is 19.7 Å². The summed E-state index contributed by atoms with van der Waals surface area (Å²) in [5, 5.41) is 17.2. The first-order valence-corrected chi connectivity index (χ1v) is 9.58. The number of nitro groups is 1. The van der Waals surface area contributed by atoms with E-state index in [2.05, 4.69) is 15.8 Å². The van der Waals surface area contributed by atoms with Gasteiger partial charge in [0, 0.05) is 23.3 Å². The molecule has 0 saturated heterocycles. The topological polar surface area (TPSA) is 145 Å². The molecule has 0 fully saturated rings. The van der Waals surface area contributed by atoms with Gasteiger partial charge in [-0.2, -0.15) is 5.10 Å². The maximum absolute atomic E-state index is 12.2. The van der Waals surface area contributed by atoms with Crippen LogP contribution in [0.2, 0.25) is 0 Å². The molecule has 2 aromatic carbocycles. The highest BCUT2D eigenvalue weighted by molar-refractivity contribution is 5.97. The number of hydrogen-bond donors (Lipinski definition) is 2. The normalized spacial score (nSPS) is 10.6. The number of benzene rings is 2. The van der Waals surface area contributed by atoms with Crippen LogP contribution in [0.25, 0.3) is 11.3 Å². The van der Waals surface area contributed by atoms with E-state index in [1.165, 1.54) is 38.6 Å². The molecule has 3 rings (SSSR count). The smallest absolute Gasteiger partial charge is 0.270 e. The number of carbonyl (C=O) groups excluding carboxylic acids is 2. The monoisotopic (exact) mass is 452 g/mol. The summed E-state index contributed by atoms with van der Waals surface area (Å²) >= 11 is 0. The van der Waals surface area contributed by atoms with Gasteiger partial charge in [0.2, 0.25) is 0 Å². The van der Waals surface area contributed by atoms with Crippen molar-refractivity contribution in [3.8, 4) is 22.8 Å². The molecule has 0 aliphatic carbocycles. The van der Waals surface area contributed by atoms with Crippen molar-refractivity contribution in [2.75, 3.05) is 20.8 Å². The molecule has 2 amide bonds. The number of nitrogens with zero attached hydrogens (tertiary/aromatic N) is 2. The lowest BCUT2D eigenvalue weighted by Crippen LogP contribution is -2.34. The molecule has 0 aliphatic rings. The molecule has 0 unspecified atom stereocenters. The second kappa shape index (κ2) is 10.6. The Morgan fingerprint density at radius 1 is 1.09 bits per heavy atom. The maximum Gasteiger partial charge on any atom is 0.270 e. The molecule has 0 radical (unpaired) electrons. The molecule has 3 aromatic rings. The lowest BCUT2D eigenvalue weighted by molar-refractivity contribution is -0.384. The molecule has 0 saturated carbocycles. The summed E-state index contributed by atoms with van der Waals surface area (Å²) < 4.78 is 15.8. The van der Waals surface area contributed by atoms with E-state index in [0.717, 1.165) is 0 Å². The van der Waals surface area contributed by atoms with Crippen molar-refractivity contribution in [2.45, 2.75) is 0 Å². The molecule has 11 heteroatoms. The lowest BCUT2D eigenvalue weighted by Gasteiger charge is -2.09. The fraction of sp³-hybridized carbons (Fsp3) is 0.136. The first kappa shape index (κ1) is 23.0. The quantitative estimate of drug-likeness (QED) is 0.288. The number of hydrazone groups is 1. The van der Waals surface area contributed by atoms with E-state index in [-0.39, 0.29) is 12.2 Å². The predicted molar refractivity (Wildman–Crippen MR) is 118 cm³/mol. The van der Waals surface area contributed by atoms with Crippen LogP contribution in [-0.4, -0.2) is 43.7 Å². The number of nitro benzene ring substituents is 1.